The molecule has 0 aromatic rings. The van der Waals surface area contributed by atoms with Crippen LogP contribution < -0.4 is 0 Å². The zero-order valence-corrected chi connectivity index (χ0v) is 9.76. The first-order chi connectivity index (χ1) is 7.86. The molecule has 16 heavy (non-hydrogen) atoms. The van der Waals surface area contributed by atoms with E-state index in [-0.39, 0.29) is 0 Å². The lowest BCUT2D eigenvalue weighted by Crippen LogP contribution is -2.36. The number of nitrogens with zero attached hydrogens (tertiary/aromatic N) is 2. The summed E-state index contributed by atoms with van der Waals surface area (Å²) in [6.45, 7) is 0. The second kappa shape index (κ2) is 3.93. The van der Waals surface area contributed by atoms with Gasteiger partial charge in [0.05, 0.1) is 12.1 Å². The Morgan fingerprint density at radius 3 is 2.88 bits per heavy atom. The van der Waals surface area contributed by atoms with Gasteiger partial charge in [-0.3, -0.25) is 4.99 Å². The van der Waals surface area contributed by atoms with Gasteiger partial charge in [0.2, 0.25) is 0 Å². The monoisotopic (exact) mass is 214 g/mol. The van der Waals surface area contributed by atoms with Crippen molar-refractivity contribution in [1.29, 1.82) is 0 Å². The van der Waals surface area contributed by atoms with E-state index in [1.54, 1.807) is 0 Å². The number of hydrogen-bond acceptors (Lipinski definition) is 2. The second-order valence-corrected chi connectivity index (χ2v) is 4.79. The summed E-state index contributed by atoms with van der Waals surface area (Å²) in [7, 11) is 2.17. The normalized spacial score (nSPS) is 32.4. The molecule has 0 N–H and O–H groups in total. The van der Waals surface area contributed by atoms with Crippen LogP contribution in [0, 0.1) is 0 Å². The van der Waals surface area contributed by atoms with E-state index in [1.165, 1.54) is 37.1 Å². The average molecular weight is 214 g/mol. The smallest absolute Gasteiger partial charge is 0.127 e. The number of allylic oxidation sites excluding steroid dienone is 3. The molecule has 0 radical (unpaired) electrons. The highest BCUT2D eigenvalue weighted by atomic mass is 15.3. The van der Waals surface area contributed by atoms with Gasteiger partial charge in [-0.2, -0.15) is 0 Å². The van der Waals surface area contributed by atoms with Crippen molar-refractivity contribution < 1.29 is 0 Å². The Morgan fingerprint density at radius 2 is 2.12 bits per heavy atom. The number of hydrogen-bond donors (Lipinski definition) is 0. The largest absolute Gasteiger partial charge is 0.351 e. The van der Waals surface area contributed by atoms with Crippen molar-refractivity contribution in [2.75, 3.05) is 7.05 Å². The molecule has 0 bridgehead atoms. The molecule has 3 aliphatic rings. The molecule has 0 aromatic carbocycles. The predicted molar refractivity (Wildman–Crippen MR) is 67.6 cm³/mol. The molecule has 0 spiro atoms. The summed E-state index contributed by atoms with van der Waals surface area (Å²) in [5.41, 5.74) is 1.46. The van der Waals surface area contributed by atoms with Gasteiger partial charge >= 0.3 is 0 Å². The number of likely N-dealkylation sites (N-methyl/N-ethyl adjacent to an activating group) is 1. The lowest BCUT2D eigenvalue weighted by Gasteiger charge is -2.25. The van der Waals surface area contributed by atoms with Crippen LogP contribution in [0.25, 0.3) is 0 Å². The van der Waals surface area contributed by atoms with E-state index in [1.807, 2.05) is 0 Å². The maximum absolute atomic E-state index is 4.85. The minimum absolute atomic E-state index is 0.341. The fraction of sp³-hybridized carbons (Fsp3) is 0.500. The zero-order chi connectivity index (χ0) is 11.0. The first-order valence-corrected chi connectivity index (χ1v) is 6.21. The highest BCUT2D eigenvalue weighted by Crippen LogP contribution is 2.28. The molecule has 2 aliphatic carbocycles. The van der Waals surface area contributed by atoms with Gasteiger partial charge in [0.15, 0.2) is 0 Å². The molecule has 3 rings (SSSR count). The van der Waals surface area contributed by atoms with Crippen molar-refractivity contribution in [2.45, 2.75) is 37.8 Å². The van der Waals surface area contributed by atoms with Crippen LogP contribution >= 0.6 is 0 Å². The van der Waals surface area contributed by atoms with Crippen LogP contribution in [0.1, 0.15) is 25.7 Å². The highest BCUT2D eigenvalue weighted by Gasteiger charge is 2.32. The second-order valence-electron chi connectivity index (χ2n) is 4.79. The molecule has 1 heterocycles. The third kappa shape index (κ3) is 1.53. The predicted octanol–water partition coefficient (Wildman–Crippen LogP) is 2.69. The summed E-state index contributed by atoms with van der Waals surface area (Å²) in [4.78, 5) is 7.19. The maximum Gasteiger partial charge on any atom is 0.127 e. The minimum Gasteiger partial charge on any atom is -0.351 e. The topological polar surface area (TPSA) is 15.6 Å². The van der Waals surface area contributed by atoms with Gasteiger partial charge in [0.25, 0.3) is 0 Å². The van der Waals surface area contributed by atoms with Crippen LogP contribution in [0.2, 0.25) is 0 Å². The van der Waals surface area contributed by atoms with E-state index in [2.05, 4.69) is 42.3 Å². The van der Waals surface area contributed by atoms with Crippen LogP contribution in [-0.4, -0.2) is 29.9 Å². The Kier molecular flexibility index (Phi) is 2.43. The Hall–Kier alpha value is -1.31. The fourth-order valence-corrected chi connectivity index (χ4v) is 2.79. The molecule has 0 fully saturated rings. The average Bonchev–Trinajstić information content (AvgIpc) is 2.69. The molecule has 2 unspecified atom stereocenters. The summed E-state index contributed by atoms with van der Waals surface area (Å²) in [5.74, 6) is 1.23. The number of rotatable bonds is 1. The molecule has 84 valence electrons. The molecular formula is C14H18N2. The third-order valence-electron chi connectivity index (χ3n) is 3.71. The number of fused-ring (bicyclic) bond motifs is 1. The van der Waals surface area contributed by atoms with Crippen LogP contribution in [0.3, 0.4) is 0 Å². The van der Waals surface area contributed by atoms with Gasteiger partial charge < -0.3 is 4.90 Å². The van der Waals surface area contributed by atoms with E-state index >= 15 is 0 Å². The molecule has 0 saturated heterocycles. The zero-order valence-electron chi connectivity index (χ0n) is 9.76. The van der Waals surface area contributed by atoms with Crippen molar-refractivity contribution in [3.8, 4) is 0 Å². The quantitative estimate of drug-likeness (QED) is 0.655. The Morgan fingerprint density at radius 1 is 1.25 bits per heavy atom. The van der Waals surface area contributed by atoms with Gasteiger partial charge in [-0.25, -0.2) is 0 Å². The first-order valence-electron chi connectivity index (χ1n) is 6.21. The molecule has 2 nitrogen and oxygen atoms in total. The summed E-state index contributed by atoms with van der Waals surface area (Å²) >= 11 is 0. The standard InChI is InChI=1S/C14H18N2/c1-16-13-10-6-5-9-12(13)15-14(16)11-7-3-2-4-8-11/h5-7,9-10,12-13H,2-4,8H2,1H3. The van der Waals surface area contributed by atoms with Crippen LogP contribution in [0.5, 0.6) is 0 Å². The lowest BCUT2D eigenvalue weighted by atomic mass is 9.98. The Bertz CT molecular complexity index is 401. The van der Waals surface area contributed by atoms with E-state index in [4.69, 9.17) is 4.99 Å². The van der Waals surface area contributed by atoms with Crippen molar-refractivity contribution in [3.05, 3.63) is 36.0 Å². The van der Waals surface area contributed by atoms with E-state index < -0.39 is 0 Å². The van der Waals surface area contributed by atoms with Crippen LogP contribution in [-0.2, 0) is 0 Å². The van der Waals surface area contributed by atoms with Gasteiger partial charge in [-0.05, 0) is 31.3 Å². The molecule has 0 aromatic heterocycles. The lowest BCUT2D eigenvalue weighted by molar-refractivity contribution is 0.435. The maximum atomic E-state index is 4.85. The Labute approximate surface area is 97.1 Å². The first kappa shape index (κ1) is 9.88. The summed E-state index contributed by atoms with van der Waals surface area (Å²) in [5, 5.41) is 0. The van der Waals surface area contributed by atoms with Gasteiger partial charge in [0.1, 0.15) is 5.84 Å². The highest BCUT2D eigenvalue weighted by molar-refractivity contribution is 6.00. The molecular weight excluding hydrogens is 196 g/mol. The van der Waals surface area contributed by atoms with Crippen molar-refractivity contribution >= 4 is 5.84 Å². The SMILES string of the molecule is CN1C(C2=CCCCC2)=NC2C=CC=CC21. The van der Waals surface area contributed by atoms with Crippen molar-refractivity contribution in [1.82, 2.24) is 4.90 Å². The van der Waals surface area contributed by atoms with Gasteiger partial charge in [-0.1, -0.05) is 30.4 Å². The van der Waals surface area contributed by atoms with Gasteiger partial charge in [0, 0.05) is 7.05 Å². The van der Waals surface area contributed by atoms with E-state index in [0.717, 1.165) is 0 Å². The molecule has 2 atom stereocenters. The van der Waals surface area contributed by atoms with Gasteiger partial charge in [-0.15, -0.1) is 0 Å². The minimum atomic E-state index is 0.341. The van der Waals surface area contributed by atoms with Crippen LogP contribution in [0.4, 0.5) is 0 Å². The summed E-state index contributed by atoms with van der Waals surface area (Å²) < 4.78 is 0. The summed E-state index contributed by atoms with van der Waals surface area (Å²) in [6, 6.07) is 0.788. The van der Waals surface area contributed by atoms with Crippen molar-refractivity contribution in [2.24, 2.45) is 4.99 Å². The molecule has 1 aliphatic heterocycles. The summed E-state index contributed by atoms with van der Waals surface area (Å²) in [6.07, 6.45) is 16.2. The molecule has 0 amide bonds. The Balaban J connectivity index is 1.88. The molecule has 0 saturated carbocycles. The van der Waals surface area contributed by atoms with Crippen LogP contribution in [0.15, 0.2) is 40.9 Å². The van der Waals surface area contributed by atoms with Crippen molar-refractivity contribution in [3.63, 3.8) is 0 Å². The third-order valence-corrected chi connectivity index (χ3v) is 3.71. The van der Waals surface area contributed by atoms with E-state index in [9.17, 15) is 0 Å². The fourth-order valence-electron chi connectivity index (χ4n) is 2.79. The molecule has 2 heteroatoms. The number of aliphatic imine (C=N–C) groups is 1. The van der Waals surface area contributed by atoms with E-state index in [0.29, 0.717) is 12.1 Å². The number of amidine groups is 1.